The van der Waals surface area contributed by atoms with Gasteiger partial charge >= 0.3 is 0 Å². The zero-order chi connectivity index (χ0) is 32.4. The second-order valence-corrected chi connectivity index (χ2v) is 8.03. The average molecular weight is 591 g/mol. The Balaban J connectivity index is -0.000000694. The van der Waals surface area contributed by atoms with E-state index in [2.05, 4.69) is 25.7 Å². The number of ether oxygens (including phenoxy) is 1. The van der Waals surface area contributed by atoms with Gasteiger partial charge in [-0.2, -0.15) is 4.98 Å². The second-order valence-electron chi connectivity index (χ2n) is 8.03. The molecule has 3 unspecified atom stereocenters. The van der Waals surface area contributed by atoms with Gasteiger partial charge in [0.25, 0.3) is 11.9 Å². The SMILES string of the molecule is C=O.CC.CCCCC(NC(C)=O)C(O)C(O)CNC(=O)c1coc(NC)n1.CCOC.Cc1cc(F)cc(F)c1. The quantitative estimate of drug-likeness (QED) is 0.263. The first-order valence-corrected chi connectivity index (χ1v) is 13.2. The highest BCUT2D eigenvalue weighted by atomic mass is 19.1. The van der Waals surface area contributed by atoms with Crippen LogP contribution in [0, 0.1) is 18.6 Å². The molecule has 1 aromatic carbocycles. The number of aromatic nitrogens is 1. The van der Waals surface area contributed by atoms with Crippen LogP contribution in [-0.4, -0.2) is 79.4 Å². The van der Waals surface area contributed by atoms with E-state index in [1.54, 1.807) is 21.1 Å². The highest BCUT2D eigenvalue weighted by Crippen LogP contribution is 2.10. The summed E-state index contributed by atoms with van der Waals surface area (Å²) in [6.07, 6.45) is 1.01. The van der Waals surface area contributed by atoms with Crippen LogP contribution in [0.2, 0.25) is 0 Å². The Morgan fingerprint density at radius 2 is 1.66 bits per heavy atom. The van der Waals surface area contributed by atoms with Gasteiger partial charge in [-0.05, 0) is 38.0 Å². The van der Waals surface area contributed by atoms with Crippen molar-refractivity contribution in [1.29, 1.82) is 0 Å². The van der Waals surface area contributed by atoms with E-state index in [9.17, 15) is 28.6 Å². The Morgan fingerprint density at radius 1 is 1.12 bits per heavy atom. The van der Waals surface area contributed by atoms with E-state index < -0.39 is 35.8 Å². The van der Waals surface area contributed by atoms with E-state index >= 15 is 0 Å². The first kappa shape index (κ1) is 42.1. The summed E-state index contributed by atoms with van der Waals surface area (Å²) in [5.74, 6) is -1.86. The van der Waals surface area contributed by atoms with Crippen molar-refractivity contribution in [1.82, 2.24) is 15.6 Å². The molecule has 41 heavy (non-hydrogen) atoms. The number of halogens is 2. The van der Waals surface area contributed by atoms with Crippen molar-refractivity contribution in [3.63, 3.8) is 0 Å². The largest absolute Gasteiger partial charge is 0.431 e. The fourth-order valence-electron chi connectivity index (χ4n) is 2.87. The maximum atomic E-state index is 12.2. The van der Waals surface area contributed by atoms with E-state index in [1.807, 2.05) is 34.5 Å². The minimum absolute atomic E-state index is 0.0606. The van der Waals surface area contributed by atoms with Crippen molar-refractivity contribution < 1.29 is 42.5 Å². The third-order valence-electron chi connectivity index (χ3n) is 4.78. The molecule has 0 saturated heterocycles. The number of aliphatic hydroxyl groups excluding tert-OH is 2. The maximum absolute atomic E-state index is 12.2. The first-order chi connectivity index (χ1) is 19.5. The van der Waals surface area contributed by atoms with E-state index in [0.717, 1.165) is 25.5 Å². The lowest BCUT2D eigenvalue weighted by Gasteiger charge is -2.27. The van der Waals surface area contributed by atoms with Crippen LogP contribution in [0.1, 0.15) is 69.9 Å². The van der Waals surface area contributed by atoms with Crippen LogP contribution < -0.4 is 16.0 Å². The van der Waals surface area contributed by atoms with Gasteiger partial charge in [-0.1, -0.05) is 33.6 Å². The molecular formula is C28H48F2N4O7. The first-order valence-electron chi connectivity index (χ1n) is 13.2. The summed E-state index contributed by atoms with van der Waals surface area (Å²) >= 11 is 0. The molecule has 5 N–H and O–H groups in total. The molecule has 3 atom stereocenters. The van der Waals surface area contributed by atoms with Crippen molar-refractivity contribution in [2.75, 3.05) is 32.6 Å². The standard InChI is InChI=1S/C15H26N4O5.C7H6F2.C3H8O.C2H6.CH2O/c1-4-5-6-10(18-9(2)20)13(22)12(21)7-17-14(23)11-8-24-15(16-3)19-11;1-5-2-6(8)4-7(9)3-5;1-3-4-2;2*1-2/h8,10,12-13,21-22H,4-7H2,1-3H3,(H,16,19)(H,17,23)(H,18,20);2-4H,1H3;3H2,1-2H3;1-2H3;1H2. The summed E-state index contributed by atoms with van der Waals surface area (Å²) in [4.78, 5) is 35.0. The van der Waals surface area contributed by atoms with Gasteiger partial charge in [-0.3, -0.25) is 9.59 Å². The molecular weight excluding hydrogens is 542 g/mol. The smallest absolute Gasteiger partial charge is 0.294 e. The lowest BCUT2D eigenvalue weighted by Crippen LogP contribution is -2.51. The van der Waals surface area contributed by atoms with Crippen molar-refractivity contribution >= 4 is 24.6 Å². The van der Waals surface area contributed by atoms with Crippen LogP contribution in [-0.2, 0) is 14.3 Å². The highest BCUT2D eigenvalue weighted by molar-refractivity contribution is 5.92. The monoisotopic (exact) mass is 590 g/mol. The molecule has 0 aliphatic carbocycles. The molecule has 11 nitrogen and oxygen atoms in total. The van der Waals surface area contributed by atoms with Crippen LogP contribution >= 0.6 is 0 Å². The number of aryl methyl sites for hydroxylation is 1. The summed E-state index contributed by atoms with van der Waals surface area (Å²) in [5.41, 5.74) is 0.665. The van der Waals surface area contributed by atoms with Gasteiger partial charge in [-0.25, -0.2) is 8.78 Å². The van der Waals surface area contributed by atoms with Gasteiger partial charge < -0.3 is 40.1 Å². The number of benzene rings is 1. The zero-order valence-corrected chi connectivity index (χ0v) is 25.4. The predicted octanol–water partition coefficient (Wildman–Crippen LogP) is 3.63. The summed E-state index contributed by atoms with van der Waals surface area (Å²) < 4.78 is 33.9. The number of hydrogen-bond acceptors (Lipinski definition) is 9. The third-order valence-corrected chi connectivity index (χ3v) is 4.78. The fourth-order valence-corrected chi connectivity index (χ4v) is 2.87. The van der Waals surface area contributed by atoms with Gasteiger partial charge in [0, 0.05) is 40.3 Å². The summed E-state index contributed by atoms with van der Waals surface area (Å²) in [6.45, 7) is 13.6. The van der Waals surface area contributed by atoms with Crippen LogP contribution in [0.3, 0.4) is 0 Å². The van der Waals surface area contributed by atoms with E-state index in [0.29, 0.717) is 12.0 Å². The number of carbonyl (C=O) groups is 3. The molecule has 0 aliphatic heterocycles. The molecule has 2 amide bonds. The van der Waals surface area contributed by atoms with Crippen molar-refractivity contribution in [3.8, 4) is 0 Å². The van der Waals surface area contributed by atoms with E-state index in [-0.39, 0.29) is 24.2 Å². The number of aliphatic hydroxyl groups is 2. The number of amides is 2. The van der Waals surface area contributed by atoms with Crippen molar-refractivity contribution in [3.05, 3.63) is 47.4 Å². The zero-order valence-electron chi connectivity index (χ0n) is 25.4. The van der Waals surface area contributed by atoms with Crippen LogP contribution in [0.15, 0.2) is 28.9 Å². The Bertz CT molecular complexity index is 895. The Labute approximate surface area is 242 Å². The normalized spacial score (nSPS) is 11.6. The molecule has 2 rings (SSSR count). The average Bonchev–Trinajstić information content (AvgIpc) is 3.45. The molecule has 0 aliphatic rings. The van der Waals surface area contributed by atoms with E-state index in [1.165, 1.54) is 25.3 Å². The van der Waals surface area contributed by atoms with Gasteiger partial charge in [0.05, 0.1) is 12.1 Å². The van der Waals surface area contributed by atoms with E-state index in [4.69, 9.17) is 9.21 Å². The topological polar surface area (TPSA) is 163 Å². The number of hydrogen-bond donors (Lipinski definition) is 5. The fraction of sp³-hybridized carbons (Fsp3) is 0.571. The summed E-state index contributed by atoms with van der Waals surface area (Å²) in [7, 11) is 3.28. The summed E-state index contributed by atoms with van der Waals surface area (Å²) in [5, 5.41) is 28.0. The molecule has 13 heteroatoms. The molecule has 1 aromatic heterocycles. The second kappa shape index (κ2) is 26.8. The van der Waals surface area contributed by atoms with Gasteiger partial charge in [0.1, 0.15) is 30.8 Å². The Hall–Kier alpha value is -3.42. The van der Waals surface area contributed by atoms with Crippen molar-refractivity contribution in [2.24, 2.45) is 0 Å². The number of carbonyl (C=O) groups excluding carboxylic acids is 3. The number of nitrogens with one attached hydrogen (secondary N) is 3. The predicted molar refractivity (Wildman–Crippen MR) is 155 cm³/mol. The molecule has 0 bridgehead atoms. The molecule has 0 saturated carbocycles. The third kappa shape index (κ3) is 21.1. The number of rotatable bonds is 11. The van der Waals surface area contributed by atoms with Crippen LogP contribution in [0.5, 0.6) is 0 Å². The molecule has 0 spiro atoms. The number of oxazole rings is 1. The lowest BCUT2D eigenvalue weighted by atomic mass is 9.99. The minimum Gasteiger partial charge on any atom is -0.431 e. The highest BCUT2D eigenvalue weighted by Gasteiger charge is 2.27. The van der Waals surface area contributed by atoms with Crippen LogP contribution in [0.25, 0.3) is 0 Å². The molecule has 2 aromatic rings. The number of unbranched alkanes of at least 4 members (excludes halogenated alkanes) is 1. The lowest BCUT2D eigenvalue weighted by molar-refractivity contribution is -0.121. The number of anilines is 1. The Kier molecular flexibility index (Phi) is 27.5. The molecule has 0 radical (unpaired) electrons. The van der Waals surface area contributed by atoms with Crippen LogP contribution in [0.4, 0.5) is 14.8 Å². The Morgan fingerprint density at radius 3 is 2.05 bits per heavy atom. The maximum Gasteiger partial charge on any atom is 0.294 e. The molecule has 0 fully saturated rings. The summed E-state index contributed by atoms with van der Waals surface area (Å²) in [6, 6.07) is 3.04. The van der Waals surface area contributed by atoms with Gasteiger partial charge in [-0.15, -0.1) is 0 Å². The van der Waals surface area contributed by atoms with Gasteiger partial charge in [0.2, 0.25) is 5.91 Å². The van der Waals surface area contributed by atoms with Crippen molar-refractivity contribution in [2.45, 2.75) is 79.1 Å². The van der Waals surface area contributed by atoms with Gasteiger partial charge in [0.15, 0.2) is 5.69 Å². The minimum atomic E-state index is -1.22. The molecule has 1 heterocycles. The number of nitrogens with zero attached hydrogens (tertiary/aromatic N) is 1. The molecule has 236 valence electrons. The number of methoxy groups -OCH3 is 1.